The van der Waals surface area contributed by atoms with Gasteiger partial charge in [0.25, 0.3) is 0 Å². The minimum atomic E-state index is -0.655. The third-order valence-electron chi connectivity index (χ3n) is 3.70. The number of carbonyl (C=O) groups is 2. The van der Waals surface area contributed by atoms with Crippen LogP contribution in [0.2, 0.25) is 0 Å². The van der Waals surface area contributed by atoms with Crippen molar-refractivity contribution in [3.63, 3.8) is 0 Å². The van der Waals surface area contributed by atoms with Crippen LogP contribution in [0.1, 0.15) is 25.0 Å². The zero-order valence-corrected chi connectivity index (χ0v) is 15.5. The van der Waals surface area contributed by atoms with Crippen molar-refractivity contribution in [1.29, 1.82) is 0 Å². The Labute approximate surface area is 160 Å². The largest absolute Gasteiger partial charge is 0.386 e. The summed E-state index contributed by atoms with van der Waals surface area (Å²) in [5.41, 5.74) is 2.75. The van der Waals surface area contributed by atoms with Crippen molar-refractivity contribution in [2.75, 3.05) is 0 Å². The van der Waals surface area contributed by atoms with E-state index in [2.05, 4.69) is 0 Å². The molecule has 0 atom stereocenters. The maximum Gasteiger partial charge on any atom is 0.341 e. The number of benzene rings is 2. The normalized spacial score (nSPS) is 12.5. The molecule has 0 aliphatic rings. The van der Waals surface area contributed by atoms with Gasteiger partial charge in [0, 0.05) is 11.1 Å². The highest BCUT2D eigenvalue weighted by Crippen LogP contribution is 2.06. The third kappa shape index (κ3) is 7.12. The number of carbonyl (C=O) groups excluding carboxylic acids is 2. The molecule has 2 rings (SSSR count). The van der Waals surface area contributed by atoms with E-state index in [0.29, 0.717) is 11.1 Å². The lowest BCUT2D eigenvalue weighted by molar-refractivity contribution is -0.153. The van der Waals surface area contributed by atoms with Gasteiger partial charge in [-0.3, -0.25) is 0 Å². The van der Waals surface area contributed by atoms with Crippen molar-refractivity contribution in [2.24, 2.45) is 0 Å². The van der Waals surface area contributed by atoms with Gasteiger partial charge >= 0.3 is 11.9 Å². The molecule has 3 heteroatoms. The van der Waals surface area contributed by atoms with Crippen LogP contribution in [0.3, 0.4) is 0 Å². The predicted molar refractivity (Wildman–Crippen MR) is 110 cm³/mol. The van der Waals surface area contributed by atoms with Gasteiger partial charge in [0.05, 0.1) is 0 Å². The predicted octanol–water partition coefficient (Wildman–Crippen LogP) is 5.38. The molecule has 3 nitrogen and oxygen atoms in total. The highest BCUT2D eigenvalue weighted by molar-refractivity contribution is 6.01. The summed E-state index contributed by atoms with van der Waals surface area (Å²) >= 11 is 0. The first kappa shape index (κ1) is 19.9. The topological polar surface area (TPSA) is 43.4 Å². The smallest absolute Gasteiger partial charge is 0.341 e. The number of rotatable bonds is 6. The lowest BCUT2D eigenvalue weighted by Crippen LogP contribution is -2.13. The summed E-state index contributed by atoms with van der Waals surface area (Å²) in [6.45, 7) is 3.22. The summed E-state index contributed by atoms with van der Waals surface area (Å²) in [6.07, 6.45) is 10.5. The summed E-state index contributed by atoms with van der Waals surface area (Å²) in [7, 11) is 0. The van der Waals surface area contributed by atoms with Gasteiger partial charge in [-0.15, -0.1) is 0 Å². The van der Waals surface area contributed by atoms with Gasteiger partial charge in [-0.1, -0.05) is 97.1 Å². The summed E-state index contributed by atoms with van der Waals surface area (Å²) < 4.78 is 4.90. The first-order valence-corrected chi connectivity index (χ1v) is 8.63. The molecule has 0 N–H and O–H groups in total. The van der Waals surface area contributed by atoms with Crippen molar-refractivity contribution in [3.05, 3.63) is 107 Å². The van der Waals surface area contributed by atoms with Crippen LogP contribution in [-0.2, 0) is 14.3 Å². The summed E-state index contributed by atoms with van der Waals surface area (Å²) in [5.74, 6) is -1.31. The highest BCUT2D eigenvalue weighted by atomic mass is 16.6. The molecular weight excluding hydrogens is 336 g/mol. The van der Waals surface area contributed by atoms with Gasteiger partial charge in [-0.05, 0) is 25.0 Å². The second-order valence-corrected chi connectivity index (χ2v) is 5.92. The molecular formula is C24H22O3. The number of ether oxygens (including phenoxy) is 1. The maximum atomic E-state index is 12.0. The maximum absolute atomic E-state index is 12.0. The van der Waals surface area contributed by atoms with Crippen LogP contribution in [-0.4, -0.2) is 11.9 Å². The van der Waals surface area contributed by atoms with Crippen LogP contribution in [0.4, 0.5) is 0 Å². The average Bonchev–Trinajstić information content (AvgIpc) is 2.69. The second-order valence-electron chi connectivity index (χ2n) is 5.92. The van der Waals surface area contributed by atoms with Crippen LogP contribution in [0, 0.1) is 0 Å². The Morgan fingerprint density at radius 1 is 0.667 bits per heavy atom. The summed E-state index contributed by atoms with van der Waals surface area (Å²) in [6, 6.07) is 19.4. The van der Waals surface area contributed by atoms with Crippen LogP contribution in [0.15, 0.2) is 96.1 Å². The molecule has 0 unspecified atom stereocenters. The molecule has 0 amide bonds. The van der Waals surface area contributed by atoms with Crippen LogP contribution in [0.5, 0.6) is 0 Å². The van der Waals surface area contributed by atoms with E-state index in [1.54, 1.807) is 38.2 Å². The molecule has 2 aromatic carbocycles. The lowest BCUT2D eigenvalue weighted by Gasteiger charge is -2.02. The molecule has 0 spiro atoms. The highest BCUT2D eigenvalue weighted by Gasteiger charge is 2.12. The van der Waals surface area contributed by atoms with Crippen molar-refractivity contribution in [2.45, 2.75) is 13.8 Å². The monoisotopic (exact) mass is 358 g/mol. The third-order valence-corrected chi connectivity index (χ3v) is 3.70. The van der Waals surface area contributed by atoms with E-state index in [9.17, 15) is 9.59 Å². The Hall–Kier alpha value is -3.46. The Morgan fingerprint density at radius 3 is 1.41 bits per heavy atom. The minimum Gasteiger partial charge on any atom is -0.386 e. The molecule has 136 valence electrons. The van der Waals surface area contributed by atoms with Gasteiger partial charge in [-0.2, -0.15) is 0 Å². The molecule has 0 saturated carbocycles. The molecule has 0 saturated heterocycles. The standard InChI is InChI=1S/C24H22O3/c1-19(11-9-17-21-13-5-3-6-14-21)23(25)27-24(26)20(2)12-10-18-22-15-7-4-8-16-22/h3-18H,1-2H3. The van der Waals surface area contributed by atoms with E-state index in [0.717, 1.165) is 11.1 Å². The number of esters is 2. The lowest BCUT2D eigenvalue weighted by atomic mass is 10.2. The van der Waals surface area contributed by atoms with E-state index in [1.807, 2.05) is 72.8 Å². The number of hydrogen-bond donors (Lipinski definition) is 0. The molecule has 0 radical (unpaired) electrons. The molecule has 0 fully saturated rings. The zero-order valence-electron chi connectivity index (χ0n) is 15.5. The second kappa shape index (κ2) is 10.5. The number of allylic oxidation sites excluding steroid dienone is 4. The Bertz CT molecular complexity index is 810. The zero-order chi connectivity index (χ0) is 19.5. The minimum absolute atomic E-state index is 0.350. The van der Waals surface area contributed by atoms with E-state index in [1.165, 1.54) is 0 Å². The van der Waals surface area contributed by atoms with E-state index in [-0.39, 0.29) is 0 Å². The van der Waals surface area contributed by atoms with Crippen LogP contribution in [0.25, 0.3) is 12.2 Å². The van der Waals surface area contributed by atoms with Crippen molar-refractivity contribution in [1.82, 2.24) is 0 Å². The molecule has 0 aliphatic heterocycles. The van der Waals surface area contributed by atoms with Gasteiger partial charge in [-0.25, -0.2) is 9.59 Å². The molecule has 0 heterocycles. The molecule has 0 aromatic heterocycles. The fourth-order valence-electron chi connectivity index (χ4n) is 2.12. The Morgan fingerprint density at radius 2 is 1.04 bits per heavy atom. The first-order valence-electron chi connectivity index (χ1n) is 8.63. The fraction of sp³-hybridized carbons (Fsp3) is 0.0833. The fourth-order valence-corrected chi connectivity index (χ4v) is 2.12. The molecule has 27 heavy (non-hydrogen) atoms. The van der Waals surface area contributed by atoms with Gasteiger partial charge in [0.1, 0.15) is 0 Å². The Kier molecular flexibility index (Phi) is 7.73. The molecule has 0 aliphatic carbocycles. The van der Waals surface area contributed by atoms with E-state index < -0.39 is 11.9 Å². The van der Waals surface area contributed by atoms with Gasteiger partial charge in [0.15, 0.2) is 0 Å². The average molecular weight is 358 g/mol. The Balaban J connectivity index is 1.90. The SMILES string of the molecule is CC(=CC=Cc1ccccc1)C(=O)OC(=O)C(C)=CC=Cc1ccccc1. The van der Waals surface area contributed by atoms with Gasteiger partial charge < -0.3 is 4.74 Å². The van der Waals surface area contributed by atoms with E-state index in [4.69, 9.17) is 4.74 Å². The number of hydrogen-bond acceptors (Lipinski definition) is 3. The van der Waals surface area contributed by atoms with Crippen molar-refractivity contribution >= 4 is 24.1 Å². The summed E-state index contributed by atoms with van der Waals surface area (Å²) in [5, 5.41) is 0. The van der Waals surface area contributed by atoms with E-state index >= 15 is 0 Å². The summed E-state index contributed by atoms with van der Waals surface area (Å²) in [4.78, 5) is 24.0. The molecule has 0 bridgehead atoms. The van der Waals surface area contributed by atoms with Crippen LogP contribution < -0.4 is 0 Å². The first-order chi connectivity index (χ1) is 13.1. The quantitative estimate of drug-likeness (QED) is 0.301. The molecule has 2 aromatic rings. The van der Waals surface area contributed by atoms with Crippen molar-refractivity contribution in [3.8, 4) is 0 Å². The van der Waals surface area contributed by atoms with Crippen LogP contribution >= 0.6 is 0 Å². The van der Waals surface area contributed by atoms with Gasteiger partial charge in [0.2, 0.25) is 0 Å². The van der Waals surface area contributed by atoms with Crippen molar-refractivity contribution < 1.29 is 14.3 Å².